The lowest BCUT2D eigenvalue weighted by Gasteiger charge is -2.13. The molecule has 0 spiro atoms. The first kappa shape index (κ1) is 19.1. The molecule has 2 nitrogen and oxygen atoms in total. The van der Waals surface area contributed by atoms with Crippen LogP contribution in [0.15, 0.2) is 39.1 Å². The number of imidazole rings is 1. The van der Waals surface area contributed by atoms with E-state index in [1.54, 1.807) is 0 Å². The summed E-state index contributed by atoms with van der Waals surface area (Å²) in [5.74, 6) is 0. The van der Waals surface area contributed by atoms with Crippen LogP contribution in [0.25, 0.3) is 16.7 Å². The lowest BCUT2D eigenvalue weighted by Crippen LogP contribution is -1.94. The third-order valence-corrected chi connectivity index (χ3v) is 7.41. The minimum absolute atomic E-state index is 0.556. The van der Waals surface area contributed by atoms with E-state index in [1.807, 2.05) is 35.3 Å². The molecule has 0 fully saturated rings. The van der Waals surface area contributed by atoms with Crippen LogP contribution in [0, 0.1) is 0 Å². The van der Waals surface area contributed by atoms with Crippen molar-refractivity contribution in [2.75, 3.05) is 0 Å². The van der Waals surface area contributed by atoms with E-state index in [0.29, 0.717) is 15.7 Å². The Morgan fingerprint density at radius 3 is 1.80 bits per heavy atom. The van der Waals surface area contributed by atoms with Crippen LogP contribution < -0.4 is 0 Å². The van der Waals surface area contributed by atoms with Crippen molar-refractivity contribution < 1.29 is 0 Å². The zero-order valence-corrected chi connectivity index (χ0v) is 18.6. The topological polar surface area (TPSA) is 9.34 Å². The Labute approximate surface area is 164 Å². The smallest absolute Gasteiger partial charge is 0.133 e. The fourth-order valence-corrected chi connectivity index (χ4v) is 6.54. The summed E-state index contributed by atoms with van der Waals surface area (Å²) in [6.07, 6.45) is 0. The molecule has 0 radical (unpaired) electrons. The molecular weight excluding hydrogens is 364 g/mol. The normalized spacial score (nSPS) is 12.6. The van der Waals surface area contributed by atoms with Crippen LogP contribution in [0.1, 0.15) is 41.5 Å². The van der Waals surface area contributed by atoms with E-state index >= 15 is 0 Å². The van der Waals surface area contributed by atoms with Gasteiger partial charge in [0.1, 0.15) is 5.65 Å². The molecule has 0 saturated carbocycles. The summed E-state index contributed by atoms with van der Waals surface area (Å²) >= 11 is 5.99. The van der Waals surface area contributed by atoms with Gasteiger partial charge in [-0.05, 0) is 12.1 Å². The van der Waals surface area contributed by atoms with Crippen LogP contribution in [0.2, 0.25) is 0 Å². The summed E-state index contributed by atoms with van der Waals surface area (Å²) in [6.45, 7) is 13.7. The van der Waals surface area contributed by atoms with Gasteiger partial charge >= 0.3 is 0 Å². The van der Waals surface area contributed by atoms with Crippen molar-refractivity contribution in [2.24, 2.45) is 7.05 Å². The fraction of sp³-hybridized carbons (Fsp3) is 0.500. The van der Waals surface area contributed by atoms with Crippen LogP contribution in [0.4, 0.5) is 0 Å². The monoisotopic (exact) mass is 392 g/mol. The number of aryl methyl sites for hydroxylation is 1. The highest BCUT2D eigenvalue weighted by Gasteiger charge is 2.26. The molecule has 0 amide bonds. The van der Waals surface area contributed by atoms with E-state index in [4.69, 9.17) is 0 Å². The molecule has 2 aromatic heterocycles. The maximum absolute atomic E-state index is 2.50. The number of fused-ring (bicyclic) bond motifs is 3. The SMILES string of the molecule is CC(C)Sc1c(SC(C)C)c2n(C)c3ccccc3n2c1SC(C)C. The largest absolute Gasteiger partial charge is 0.328 e. The highest BCUT2D eigenvalue weighted by molar-refractivity contribution is 8.04. The molecule has 5 heteroatoms. The van der Waals surface area contributed by atoms with E-state index in [2.05, 4.69) is 81.8 Å². The van der Waals surface area contributed by atoms with Crippen molar-refractivity contribution in [3.05, 3.63) is 24.3 Å². The van der Waals surface area contributed by atoms with E-state index in [9.17, 15) is 0 Å². The molecule has 0 bridgehead atoms. The van der Waals surface area contributed by atoms with Gasteiger partial charge in [-0.15, -0.1) is 35.3 Å². The first-order valence-corrected chi connectivity index (χ1v) is 11.6. The fourth-order valence-electron chi connectivity index (χ4n) is 3.09. The van der Waals surface area contributed by atoms with E-state index in [0.717, 1.165) is 0 Å². The molecule has 0 unspecified atom stereocenters. The van der Waals surface area contributed by atoms with Gasteiger partial charge < -0.3 is 4.57 Å². The zero-order valence-electron chi connectivity index (χ0n) is 16.2. The van der Waals surface area contributed by atoms with Gasteiger partial charge in [0.2, 0.25) is 0 Å². The number of para-hydroxylation sites is 2. The number of rotatable bonds is 6. The number of aromatic nitrogens is 2. The molecule has 0 aliphatic carbocycles. The van der Waals surface area contributed by atoms with Crippen LogP contribution in [-0.2, 0) is 7.05 Å². The minimum atomic E-state index is 0.556. The maximum atomic E-state index is 2.50. The van der Waals surface area contributed by atoms with Gasteiger partial charge in [0.15, 0.2) is 0 Å². The lowest BCUT2D eigenvalue weighted by atomic mass is 10.3. The zero-order chi connectivity index (χ0) is 18.3. The standard InChI is InChI=1S/C20H28N2S3/c1-12(2)23-17-18(24-13(3)4)20(25-14(5)6)22-16-11-9-8-10-15(16)21(7)19(17)22/h8-14H,1-7H3. The first-order valence-electron chi connectivity index (χ1n) is 8.93. The third-order valence-electron chi connectivity index (χ3n) is 3.87. The third kappa shape index (κ3) is 3.60. The minimum Gasteiger partial charge on any atom is -0.328 e. The number of thioether (sulfide) groups is 3. The van der Waals surface area contributed by atoms with Crippen LogP contribution in [0.5, 0.6) is 0 Å². The summed E-state index contributed by atoms with van der Waals surface area (Å²) in [6, 6.07) is 8.76. The Hall–Kier alpha value is -0.650. The summed E-state index contributed by atoms with van der Waals surface area (Å²) in [7, 11) is 2.20. The number of nitrogens with zero attached hydrogens (tertiary/aromatic N) is 2. The second-order valence-electron chi connectivity index (χ2n) is 7.17. The second-order valence-corrected chi connectivity index (χ2v) is 11.9. The number of benzene rings is 1. The van der Waals surface area contributed by atoms with Crippen LogP contribution in [-0.4, -0.2) is 24.7 Å². The average Bonchev–Trinajstić information content (AvgIpc) is 2.95. The highest BCUT2D eigenvalue weighted by atomic mass is 32.2. The van der Waals surface area contributed by atoms with Gasteiger partial charge in [0.25, 0.3) is 0 Å². The summed E-state index contributed by atoms with van der Waals surface area (Å²) in [5.41, 5.74) is 3.95. The maximum Gasteiger partial charge on any atom is 0.133 e. The molecule has 3 rings (SSSR count). The molecule has 3 aromatic rings. The van der Waals surface area contributed by atoms with Gasteiger partial charge in [-0.3, -0.25) is 4.40 Å². The lowest BCUT2D eigenvalue weighted by molar-refractivity contribution is 0.963. The predicted octanol–water partition coefficient (Wildman–Crippen LogP) is 6.93. The molecule has 1 aromatic carbocycles. The van der Waals surface area contributed by atoms with Crippen molar-refractivity contribution in [3.8, 4) is 0 Å². The highest BCUT2D eigenvalue weighted by Crippen LogP contribution is 2.48. The van der Waals surface area contributed by atoms with Crippen LogP contribution in [0.3, 0.4) is 0 Å². The number of hydrogen-bond acceptors (Lipinski definition) is 3. The summed E-state index contributed by atoms with van der Waals surface area (Å²) < 4.78 is 4.87. The Kier molecular flexibility index (Phi) is 5.76. The average molecular weight is 393 g/mol. The quantitative estimate of drug-likeness (QED) is 0.421. The van der Waals surface area contributed by atoms with Crippen LogP contribution >= 0.6 is 35.3 Å². The van der Waals surface area contributed by atoms with Gasteiger partial charge in [0, 0.05) is 22.8 Å². The second kappa shape index (κ2) is 7.53. The Morgan fingerprint density at radius 1 is 0.720 bits per heavy atom. The first-order chi connectivity index (χ1) is 11.8. The van der Waals surface area contributed by atoms with Gasteiger partial charge in [0.05, 0.1) is 25.9 Å². The van der Waals surface area contributed by atoms with E-state index in [-0.39, 0.29) is 0 Å². The van der Waals surface area contributed by atoms with Crippen molar-refractivity contribution in [2.45, 2.75) is 72.1 Å². The van der Waals surface area contributed by atoms with E-state index in [1.165, 1.54) is 31.5 Å². The number of hydrogen-bond donors (Lipinski definition) is 0. The van der Waals surface area contributed by atoms with Gasteiger partial charge in [-0.25, -0.2) is 0 Å². The molecule has 2 heterocycles. The molecule has 0 saturated heterocycles. The molecule has 0 atom stereocenters. The van der Waals surface area contributed by atoms with Gasteiger partial charge in [-0.1, -0.05) is 53.7 Å². The van der Waals surface area contributed by atoms with Crippen molar-refractivity contribution in [1.82, 2.24) is 8.97 Å². The summed E-state index contributed by atoms with van der Waals surface area (Å²) in [5, 5.41) is 3.10. The molecule has 0 N–H and O–H groups in total. The summed E-state index contributed by atoms with van der Waals surface area (Å²) in [4.78, 5) is 2.90. The predicted molar refractivity (Wildman–Crippen MR) is 117 cm³/mol. The molecule has 0 aliphatic heterocycles. The molecule has 136 valence electrons. The van der Waals surface area contributed by atoms with Crippen molar-refractivity contribution in [3.63, 3.8) is 0 Å². The molecule has 25 heavy (non-hydrogen) atoms. The molecule has 0 aliphatic rings. The van der Waals surface area contributed by atoms with Crippen molar-refractivity contribution in [1.29, 1.82) is 0 Å². The Bertz CT molecular complexity index is 887. The Morgan fingerprint density at radius 2 is 1.24 bits per heavy atom. The molecular formula is C20H28N2S3. The van der Waals surface area contributed by atoms with Crippen molar-refractivity contribution >= 4 is 52.0 Å². The Balaban J connectivity index is 2.41. The van der Waals surface area contributed by atoms with Gasteiger partial charge in [-0.2, -0.15) is 0 Å². The van der Waals surface area contributed by atoms with E-state index < -0.39 is 0 Å².